The minimum atomic E-state index is -3.92. The lowest BCUT2D eigenvalue weighted by Gasteiger charge is -2.32. The lowest BCUT2D eigenvalue weighted by atomic mass is 9.96. The van der Waals surface area contributed by atoms with Crippen LogP contribution in [-0.4, -0.2) is 55.4 Å². The Balaban J connectivity index is 1.53. The van der Waals surface area contributed by atoms with E-state index >= 15 is 0 Å². The predicted molar refractivity (Wildman–Crippen MR) is 125 cm³/mol. The van der Waals surface area contributed by atoms with E-state index in [1.165, 1.54) is 9.87 Å². The van der Waals surface area contributed by atoms with Crippen molar-refractivity contribution in [2.75, 3.05) is 31.1 Å². The molecule has 0 bridgehead atoms. The van der Waals surface area contributed by atoms with Crippen molar-refractivity contribution in [1.82, 2.24) is 8.87 Å². The van der Waals surface area contributed by atoms with Crippen LogP contribution in [-0.2, 0) is 33.0 Å². The average Bonchev–Trinajstić information content (AvgIpc) is 3.34. The van der Waals surface area contributed by atoms with Crippen LogP contribution in [0.3, 0.4) is 0 Å². The lowest BCUT2D eigenvalue weighted by Crippen LogP contribution is -2.44. The number of amides is 1. The average molecular weight is 474 g/mol. The molecule has 0 aliphatic carbocycles. The normalized spacial score (nSPS) is 17.3. The molecular weight excluding hydrogens is 442 g/mol. The molecule has 2 aliphatic rings. The number of ether oxygens (including phenoxy) is 1. The maximum atomic E-state index is 13.6. The number of carbonyl (C=O) groups excluding carboxylic acids is 2. The van der Waals surface area contributed by atoms with Crippen molar-refractivity contribution in [2.24, 2.45) is 13.0 Å². The number of nitrogens with zero attached hydrogens (tertiary/aromatic N) is 3. The number of anilines is 1. The summed E-state index contributed by atoms with van der Waals surface area (Å²) in [5.41, 5.74) is 3.30. The molecule has 33 heavy (non-hydrogen) atoms. The molecule has 8 nitrogen and oxygen atoms in total. The molecule has 1 aromatic heterocycles. The van der Waals surface area contributed by atoms with E-state index in [1.54, 1.807) is 32.4 Å². The van der Waals surface area contributed by atoms with Crippen molar-refractivity contribution < 1.29 is 22.7 Å². The quantitative estimate of drug-likeness (QED) is 0.623. The first kappa shape index (κ1) is 23.5. The molecule has 0 unspecified atom stereocenters. The Labute approximate surface area is 195 Å². The molecule has 1 saturated heterocycles. The number of hydrogen-bond donors (Lipinski definition) is 0. The highest BCUT2D eigenvalue weighted by atomic mass is 32.2. The third-order valence-corrected chi connectivity index (χ3v) is 9.02. The summed E-state index contributed by atoms with van der Waals surface area (Å²) in [6, 6.07) is 7.93. The Bertz CT molecular complexity index is 1190. The minimum absolute atomic E-state index is 0.0131. The number of rotatable bonds is 5. The third kappa shape index (κ3) is 3.97. The number of benzene rings is 1. The van der Waals surface area contributed by atoms with Crippen LogP contribution in [0.25, 0.3) is 0 Å². The van der Waals surface area contributed by atoms with Crippen LogP contribution in [0.1, 0.15) is 47.1 Å². The third-order valence-electron chi connectivity index (χ3n) is 6.96. The van der Waals surface area contributed by atoms with Gasteiger partial charge in [0.05, 0.1) is 6.61 Å². The minimum Gasteiger partial charge on any atom is -0.462 e. The predicted octanol–water partition coefficient (Wildman–Crippen LogP) is 2.81. The number of fused-ring (bicyclic) bond motifs is 1. The Kier molecular flexibility index (Phi) is 6.37. The van der Waals surface area contributed by atoms with Crippen molar-refractivity contribution in [1.29, 1.82) is 0 Å². The molecular formula is C24H31N3O5S. The summed E-state index contributed by atoms with van der Waals surface area (Å²) in [6.07, 6.45) is 1.76. The molecule has 0 N–H and O–H groups in total. The summed E-state index contributed by atoms with van der Waals surface area (Å²) in [5, 5.41) is 0. The number of piperidine rings is 1. The molecule has 1 aromatic carbocycles. The maximum absolute atomic E-state index is 13.6. The highest BCUT2D eigenvalue weighted by molar-refractivity contribution is 7.89. The second kappa shape index (κ2) is 8.95. The highest BCUT2D eigenvalue weighted by Gasteiger charge is 2.39. The first-order valence-electron chi connectivity index (χ1n) is 11.4. The topological polar surface area (TPSA) is 88.9 Å². The van der Waals surface area contributed by atoms with E-state index in [4.69, 9.17) is 4.74 Å². The number of sulfonamides is 1. The van der Waals surface area contributed by atoms with E-state index in [9.17, 15) is 18.0 Å². The molecule has 0 radical (unpaired) electrons. The molecule has 3 heterocycles. The van der Waals surface area contributed by atoms with Gasteiger partial charge in [0.2, 0.25) is 15.9 Å². The van der Waals surface area contributed by atoms with Crippen molar-refractivity contribution >= 4 is 27.6 Å². The summed E-state index contributed by atoms with van der Waals surface area (Å²) in [5.74, 6) is -0.781. The van der Waals surface area contributed by atoms with Crippen LogP contribution in [0.2, 0.25) is 0 Å². The first-order valence-corrected chi connectivity index (χ1v) is 12.8. The van der Waals surface area contributed by atoms with Crippen LogP contribution < -0.4 is 4.90 Å². The molecule has 178 valence electrons. The van der Waals surface area contributed by atoms with Crippen LogP contribution >= 0.6 is 0 Å². The smallest absolute Gasteiger partial charge is 0.341 e. The zero-order chi connectivity index (χ0) is 23.9. The number of aromatic nitrogens is 1. The van der Waals surface area contributed by atoms with Gasteiger partial charge in [0.15, 0.2) is 0 Å². The van der Waals surface area contributed by atoms with E-state index in [0.29, 0.717) is 30.8 Å². The summed E-state index contributed by atoms with van der Waals surface area (Å²) >= 11 is 0. The molecule has 1 fully saturated rings. The van der Waals surface area contributed by atoms with Crippen LogP contribution in [0.5, 0.6) is 0 Å². The lowest BCUT2D eigenvalue weighted by molar-refractivity contribution is -0.123. The van der Waals surface area contributed by atoms with Crippen LogP contribution in [0.15, 0.2) is 29.2 Å². The fourth-order valence-electron chi connectivity index (χ4n) is 4.94. The van der Waals surface area contributed by atoms with Gasteiger partial charge < -0.3 is 14.2 Å². The molecule has 0 saturated carbocycles. The van der Waals surface area contributed by atoms with Crippen molar-refractivity contribution in [2.45, 2.75) is 44.9 Å². The summed E-state index contributed by atoms with van der Waals surface area (Å²) in [6.45, 7) is 6.42. The molecule has 1 amide bonds. The van der Waals surface area contributed by atoms with Gasteiger partial charge in [-0.2, -0.15) is 4.31 Å². The first-order chi connectivity index (χ1) is 15.7. The van der Waals surface area contributed by atoms with Gasteiger partial charge in [0.1, 0.15) is 10.5 Å². The van der Waals surface area contributed by atoms with Crippen molar-refractivity contribution in [3.63, 3.8) is 0 Å². The second-order valence-corrected chi connectivity index (χ2v) is 10.6. The second-order valence-electron chi connectivity index (χ2n) is 8.70. The number of esters is 1. The Morgan fingerprint density at radius 3 is 2.39 bits per heavy atom. The van der Waals surface area contributed by atoms with E-state index < -0.39 is 16.0 Å². The summed E-state index contributed by atoms with van der Waals surface area (Å²) < 4.78 is 35.5. The fourth-order valence-corrected chi connectivity index (χ4v) is 6.88. The van der Waals surface area contributed by atoms with Gasteiger partial charge in [0.25, 0.3) is 0 Å². The Morgan fingerprint density at radius 1 is 1.06 bits per heavy atom. The molecule has 4 rings (SSSR count). The summed E-state index contributed by atoms with van der Waals surface area (Å²) in [4.78, 5) is 27.7. The zero-order valence-corrected chi connectivity index (χ0v) is 20.4. The van der Waals surface area contributed by atoms with Gasteiger partial charge in [-0.25, -0.2) is 13.2 Å². The van der Waals surface area contributed by atoms with Gasteiger partial charge in [-0.1, -0.05) is 18.2 Å². The molecule has 9 heteroatoms. The highest BCUT2D eigenvalue weighted by Crippen LogP contribution is 2.34. The molecule has 0 spiro atoms. The Hall–Kier alpha value is -2.65. The standard InChI is InChI=1S/C24H31N3O5S/c1-5-32-24(29)21-16(2)25(4)17(3)22(21)33(30,31)26-13-10-19(11-14-26)23(28)27-15-12-18-8-6-7-9-20(18)27/h6-9,19H,5,10-15H2,1-4H3. The molecule has 0 atom stereocenters. The maximum Gasteiger partial charge on any atom is 0.341 e. The van der Waals surface area contributed by atoms with Crippen molar-refractivity contribution in [3.8, 4) is 0 Å². The van der Waals surface area contributed by atoms with Gasteiger partial charge in [-0.15, -0.1) is 0 Å². The number of hydrogen-bond acceptors (Lipinski definition) is 5. The SMILES string of the molecule is CCOC(=O)c1c(S(=O)(=O)N2CCC(C(=O)N3CCc4ccccc43)CC2)c(C)n(C)c1C. The van der Waals surface area contributed by atoms with Gasteiger partial charge in [0, 0.05) is 49.7 Å². The van der Waals surface area contributed by atoms with Crippen LogP contribution in [0.4, 0.5) is 5.69 Å². The zero-order valence-electron chi connectivity index (χ0n) is 19.6. The van der Waals surface area contributed by atoms with Crippen LogP contribution in [0, 0.1) is 19.8 Å². The number of carbonyl (C=O) groups is 2. The monoisotopic (exact) mass is 473 g/mol. The van der Waals surface area contributed by atoms with Gasteiger partial charge in [-0.05, 0) is 51.7 Å². The van der Waals surface area contributed by atoms with Gasteiger partial charge >= 0.3 is 5.97 Å². The van der Waals surface area contributed by atoms with E-state index in [0.717, 1.165) is 12.1 Å². The van der Waals surface area contributed by atoms with E-state index in [2.05, 4.69) is 0 Å². The largest absolute Gasteiger partial charge is 0.462 e. The molecule has 2 aromatic rings. The van der Waals surface area contributed by atoms with Crippen molar-refractivity contribution in [3.05, 3.63) is 46.8 Å². The summed E-state index contributed by atoms with van der Waals surface area (Å²) in [7, 11) is -2.18. The van der Waals surface area contributed by atoms with E-state index in [-0.39, 0.29) is 42.0 Å². The Morgan fingerprint density at radius 2 is 1.73 bits per heavy atom. The van der Waals surface area contributed by atoms with Gasteiger partial charge in [-0.3, -0.25) is 4.79 Å². The number of para-hydroxylation sites is 1. The van der Waals surface area contributed by atoms with E-state index in [1.807, 2.05) is 29.2 Å². The fraction of sp³-hybridized carbons (Fsp3) is 0.500. The molecule has 2 aliphatic heterocycles.